The number of hydrogen-bond acceptors (Lipinski definition) is 3. The van der Waals surface area contributed by atoms with Crippen molar-refractivity contribution in [3.63, 3.8) is 0 Å². The Bertz CT molecular complexity index is 882. The molecule has 1 amide bonds. The van der Waals surface area contributed by atoms with Crippen LogP contribution in [0, 0.1) is 6.92 Å². The van der Waals surface area contributed by atoms with Crippen molar-refractivity contribution in [3.05, 3.63) is 58.1 Å². The Morgan fingerprint density at radius 3 is 2.60 bits per heavy atom. The molecule has 0 unspecified atom stereocenters. The number of amides is 1. The predicted octanol–water partition coefficient (Wildman–Crippen LogP) is 4.04. The molecule has 0 spiro atoms. The van der Waals surface area contributed by atoms with Crippen molar-refractivity contribution in [2.24, 2.45) is 0 Å². The number of nitrogens with zero attached hydrogens (tertiary/aromatic N) is 1. The van der Waals surface area contributed by atoms with E-state index in [9.17, 15) is 13.2 Å². The first-order valence-corrected chi connectivity index (χ1v) is 10.2. The number of benzene rings is 2. The standard InChI is InChI=1S/C18H21BrN2O3S/c1-4-10-21(3)18(22)14-6-5-7-15(12-14)25(23,24)20-17-11-13(2)8-9-16(17)19/h5-9,11-12,20H,4,10H2,1-3H3. The fourth-order valence-electron chi connectivity index (χ4n) is 2.37. The van der Waals surface area contributed by atoms with Crippen molar-refractivity contribution in [1.29, 1.82) is 0 Å². The third kappa shape index (κ3) is 4.83. The van der Waals surface area contributed by atoms with E-state index >= 15 is 0 Å². The molecule has 0 aliphatic heterocycles. The maximum atomic E-state index is 12.7. The van der Waals surface area contributed by atoms with E-state index in [1.807, 2.05) is 19.9 Å². The molecule has 0 atom stereocenters. The second kappa shape index (κ2) is 8.01. The molecule has 0 aliphatic rings. The van der Waals surface area contributed by atoms with Gasteiger partial charge >= 0.3 is 0 Å². The number of carbonyl (C=O) groups excluding carboxylic acids is 1. The Hall–Kier alpha value is -1.86. The van der Waals surface area contributed by atoms with Crippen molar-refractivity contribution in [3.8, 4) is 0 Å². The maximum Gasteiger partial charge on any atom is 0.261 e. The summed E-state index contributed by atoms with van der Waals surface area (Å²) in [5.41, 5.74) is 1.74. The average molecular weight is 425 g/mol. The lowest BCUT2D eigenvalue weighted by molar-refractivity contribution is 0.0795. The van der Waals surface area contributed by atoms with E-state index in [0.717, 1.165) is 12.0 Å². The van der Waals surface area contributed by atoms with E-state index in [4.69, 9.17) is 0 Å². The van der Waals surface area contributed by atoms with Gasteiger partial charge in [-0.2, -0.15) is 0 Å². The van der Waals surface area contributed by atoms with Crippen LogP contribution in [0.1, 0.15) is 29.3 Å². The van der Waals surface area contributed by atoms with Crippen molar-refractivity contribution < 1.29 is 13.2 Å². The number of sulfonamides is 1. The van der Waals surface area contributed by atoms with Gasteiger partial charge < -0.3 is 4.90 Å². The lowest BCUT2D eigenvalue weighted by atomic mass is 10.2. The van der Waals surface area contributed by atoms with Gasteiger partial charge in [0.2, 0.25) is 0 Å². The Labute approximate surface area is 157 Å². The van der Waals surface area contributed by atoms with Crippen molar-refractivity contribution in [2.75, 3.05) is 18.3 Å². The van der Waals surface area contributed by atoms with E-state index in [1.54, 1.807) is 36.2 Å². The van der Waals surface area contributed by atoms with Gasteiger partial charge in [-0.25, -0.2) is 8.42 Å². The molecule has 7 heteroatoms. The largest absolute Gasteiger partial charge is 0.342 e. The Kier molecular flexibility index (Phi) is 6.24. The summed E-state index contributed by atoms with van der Waals surface area (Å²) in [6, 6.07) is 11.5. The van der Waals surface area contributed by atoms with Gasteiger partial charge in [-0.1, -0.05) is 19.1 Å². The molecule has 25 heavy (non-hydrogen) atoms. The number of nitrogens with one attached hydrogen (secondary N) is 1. The molecule has 2 aromatic rings. The first-order valence-electron chi connectivity index (χ1n) is 7.89. The molecular formula is C18H21BrN2O3S. The zero-order valence-corrected chi connectivity index (χ0v) is 16.8. The smallest absolute Gasteiger partial charge is 0.261 e. The fraction of sp³-hybridized carbons (Fsp3) is 0.278. The average Bonchev–Trinajstić information content (AvgIpc) is 2.57. The van der Waals surface area contributed by atoms with E-state index in [1.165, 1.54) is 12.1 Å². The summed E-state index contributed by atoms with van der Waals surface area (Å²) in [6.07, 6.45) is 0.836. The van der Waals surface area contributed by atoms with Gasteiger partial charge in [-0.3, -0.25) is 9.52 Å². The lowest BCUT2D eigenvalue weighted by Crippen LogP contribution is -2.27. The quantitative estimate of drug-likeness (QED) is 0.760. The Balaban J connectivity index is 2.32. The number of aryl methyl sites for hydroxylation is 1. The minimum atomic E-state index is -3.80. The molecule has 134 valence electrons. The van der Waals surface area contributed by atoms with Crippen LogP contribution in [0.2, 0.25) is 0 Å². The molecule has 0 saturated carbocycles. The summed E-state index contributed by atoms with van der Waals surface area (Å²) < 4.78 is 28.6. The number of anilines is 1. The summed E-state index contributed by atoms with van der Waals surface area (Å²) in [4.78, 5) is 14.0. The zero-order chi connectivity index (χ0) is 18.6. The van der Waals surface area contributed by atoms with Crippen LogP contribution in [0.5, 0.6) is 0 Å². The van der Waals surface area contributed by atoms with Crippen molar-refractivity contribution >= 4 is 37.5 Å². The molecule has 0 aromatic heterocycles. The maximum absolute atomic E-state index is 12.7. The summed E-state index contributed by atoms with van der Waals surface area (Å²) in [5.74, 6) is -0.198. The molecule has 2 aromatic carbocycles. The van der Waals surface area contributed by atoms with Crippen LogP contribution in [-0.4, -0.2) is 32.8 Å². The van der Waals surface area contributed by atoms with Crippen LogP contribution in [0.15, 0.2) is 51.8 Å². The van der Waals surface area contributed by atoms with Gasteiger partial charge in [-0.05, 0) is 65.2 Å². The highest BCUT2D eigenvalue weighted by Crippen LogP contribution is 2.26. The van der Waals surface area contributed by atoms with Gasteiger partial charge in [-0.15, -0.1) is 0 Å². The molecule has 0 aliphatic carbocycles. The molecule has 0 saturated heterocycles. The first-order chi connectivity index (χ1) is 11.7. The topological polar surface area (TPSA) is 66.5 Å². The molecule has 5 nitrogen and oxygen atoms in total. The molecule has 0 bridgehead atoms. The molecule has 0 heterocycles. The van der Waals surface area contributed by atoms with Gasteiger partial charge in [0.1, 0.15) is 0 Å². The van der Waals surface area contributed by atoms with E-state index in [-0.39, 0.29) is 10.8 Å². The number of hydrogen-bond donors (Lipinski definition) is 1. The summed E-state index contributed by atoms with van der Waals surface area (Å²) in [6.45, 7) is 4.48. The van der Waals surface area contributed by atoms with E-state index in [0.29, 0.717) is 22.3 Å². The van der Waals surface area contributed by atoms with Crippen LogP contribution < -0.4 is 4.72 Å². The van der Waals surface area contributed by atoms with Gasteiger partial charge in [0.05, 0.1) is 10.6 Å². The highest BCUT2D eigenvalue weighted by molar-refractivity contribution is 9.10. The minimum Gasteiger partial charge on any atom is -0.342 e. The molecule has 0 fully saturated rings. The molecular weight excluding hydrogens is 404 g/mol. The minimum absolute atomic E-state index is 0.0525. The molecule has 1 N–H and O–H groups in total. The Morgan fingerprint density at radius 1 is 1.20 bits per heavy atom. The van der Waals surface area contributed by atoms with Crippen LogP contribution in [-0.2, 0) is 10.0 Å². The summed E-state index contributed by atoms with van der Waals surface area (Å²) >= 11 is 3.34. The number of carbonyl (C=O) groups is 1. The van der Waals surface area contributed by atoms with Crippen molar-refractivity contribution in [1.82, 2.24) is 4.90 Å². The van der Waals surface area contributed by atoms with Crippen LogP contribution in [0.4, 0.5) is 5.69 Å². The third-order valence-electron chi connectivity index (χ3n) is 3.66. The predicted molar refractivity (Wildman–Crippen MR) is 103 cm³/mol. The summed E-state index contributed by atoms with van der Waals surface area (Å²) in [5, 5.41) is 0. The van der Waals surface area contributed by atoms with Gasteiger partial charge in [0.25, 0.3) is 15.9 Å². The first kappa shape index (κ1) is 19.5. The zero-order valence-electron chi connectivity index (χ0n) is 14.4. The third-order valence-corrected chi connectivity index (χ3v) is 5.72. The van der Waals surface area contributed by atoms with Crippen LogP contribution in [0.3, 0.4) is 0 Å². The second-order valence-electron chi connectivity index (χ2n) is 5.84. The van der Waals surface area contributed by atoms with Gasteiger partial charge in [0, 0.05) is 23.6 Å². The SMILES string of the molecule is CCCN(C)C(=O)c1cccc(S(=O)(=O)Nc2cc(C)ccc2Br)c1. The number of rotatable bonds is 6. The van der Waals surface area contributed by atoms with Crippen LogP contribution >= 0.6 is 15.9 Å². The highest BCUT2D eigenvalue weighted by atomic mass is 79.9. The Morgan fingerprint density at radius 2 is 1.92 bits per heavy atom. The fourth-order valence-corrected chi connectivity index (χ4v) is 3.97. The normalized spacial score (nSPS) is 11.2. The monoisotopic (exact) mass is 424 g/mol. The highest BCUT2D eigenvalue weighted by Gasteiger charge is 2.19. The van der Waals surface area contributed by atoms with Gasteiger partial charge in [0.15, 0.2) is 0 Å². The van der Waals surface area contributed by atoms with Crippen LogP contribution in [0.25, 0.3) is 0 Å². The van der Waals surface area contributed by atoms with E-state index in [2.05, 4.69) is 20.7 Å². The van der Waals surface area contributed by atoms with Crippen molar-refractivity contribution in [2.45, 2.75) is 25.2 Å². The van der Waals surface area contributed by atoms with E-state index < -0.39 is 10.0 Å². The molecule has 2 rings (SSSR count). The number of halogens is 1. The molecule has 0 radical (unpaired) electrons. The second-order valence-corrected chi connectivity index (χ2v) is 8.38. The summed E-state index contributed by atoms with van der Waals surface area (Å²) in [7, 11) is -2.09. The lowest BCUT2D eigenvalue weighted by Gasteiger charge is -2.17.